The second kappa shape index (κ2) is 4.61. The van der Waals surface area contributed by atoms with Crippen LogP contribution in [-0.4, -0.2) is 34.4 Å². The third-order valence-corrected chi connectivity index (χ3v) is 1.76. The molecule has 0 unspecified atom stereocenters. The second-order valence-corrected chi connectivity index (χ2v) is 4.71. The van der Waals surface area contributed by atoms with Gasteiger partial charge in [-0.2, -0.15) is 25.3 Å². The van der Waals surface area contributed by atoms with Crippen LogP contribution in [0, 0.1) is 0 Å². The van der Waals surface area contributed by atoms with Crippen LogP contribution < -0.4 is 5.32 Å². The lowest BCUT2D eigenvalue weighted by atomic mass is 10.2. The fraction of sp³-hybridized carbons (Fsp3) is 0.667. The van der Waals surface area contributed by atoms with Crippen molar-refractivity contribution >= 4 is 37.3 Å². The first kappa shape index (κ1) is 12.4. The molecule has 0 aliphatic rings. The maximum Gasteiger partial charge on any atom is 0.407 e. The molecule has 7 heteroatoms. The number of carboxylic acids is 1. The van der Waals surface area contributed by atoms with Gasteiger partial charge in [0, 0.05) is 0 Å². The average molecular weight is 225 g/mol. The summed E-state index contributed by atoms with van der Waals surface area (Å²) in [7, 11) is 1.14. The summed E-state index contributed by atoms with van der Waals surface area (Å²) in [6.07, 6.45) is -0.832. The van der Waals surface area contributed by atoms with Crippen molar-refractivity contribution in [3.63, 3.8) is 0 Å². The van der Waals surface area contributed by atoms with Gasteiger partial charge in [-0.05, 0) is 6.92 Å². The van der Waals surface area contributed by atoms with E-state index in [0.29, 0.717) is 0 Å². The van der Waals surface area contributed by atoms with Crippen LogP contribution >= 0.6 is 25.3 Å². The standard InChI is InChI=1S/C6H11NO4S2/c1-6(12,13)3(4(8)9)7-5(10)11-2/h3,12-13H,1-2H3,(H,7,10)(H,8,9)/t3-/m0/s1. The Bertz CT molecular complexity index is 213. The predicted molar refractivity (Wildman–Crippen MR) is 53.3 cm³/mol. The first-order valence-electron chi connectivity index (χ1n) is 3.31. The Morgan fingerprint density at radius 1 is 1.54 bits per heavy atom. The molecule has 2 N–H and O–H groups in total. The van der Waals surface area contributed by atoms with Crippen molar-refractivity contribution in [2.45, 2.75) is 17.0 Å². The Morgan fingerprint density at radius 2 is 2.00 bits per heavy atom. The van der Waals surface area contributed by atoms with Gasteiger partial charge in [0.05, 0.1) is 11.2 Å². The summed E-state index contributed by atoms with van der Waals surface area (Å²) in [5.41, 5.74) is 0. The molecule has 0 aliphatic heterocycles. The zero-order valence-electron chi connectivity index (χ0n) is 7.14. The number of hydrogen-bond acceptors (Lipinski definition) is 5. The largest absolute Gasteiger partial charge is 0.480 e. The minimum atomic E-state index is -1.22. The van der Waals surface area contributed by atoms with Crippen LogP contribution in [0.3, 0.4) is 0 Å². The molecule has 0 aromatic heterocycles. The average Bonchev–Trinajstić information content (AvgIpc) is 1.96. The minimum absolute atomic E-state index is 0.832. The number of carbonyl (C=O) groups excluding carboxylic acids is 1. The quantitative estimate of drug-likeness (QED) is 0.413. The number of thiol groups is 2. The van der Waals surface area contributed by atoms with Crippen LogP contribution in [0.4, 0.5) is 4.79 Å². The number of rotatable bonds is 3. The van der Waals surface area contributed by atoms with Crippen LogP contribution in [0.25, 0.3) is 0 Å². The van der Waals surface area contributed by atoms with E-state index in [1.165, 1.54) is 6.92 Å². The molecular weight excluding hydrogens is 214 g/mol. The lowest BCUT2D eigenvalue weighted by Crippen LogP contribution is -2.50. The van der Waals surface area contributed by atoms with E-state index in [1.807, 2.05) is 0 Å². The van der Waals surface area contributed by atoms with Crippen LogP contribution in [0.5, 0.6) is 0 Å². The summed E-state index contributed by atoms with van der Waals surface area (Å²) in [6, 6.07) is -1.22. The van der Waals surface area contributed by atoms with E-state index in [-0.39, 0.29) is 0 Å². The highest BCUT2D eigenvalue weighted by Gasteiger charge is 2.34. The van der Waals surface area contributed by atoms with Crippen LogP contribution in [-0.2, 0) is 9.53 Å². The number of ether oxygens (including phenoxy) is 1. The minimum Gasteiger partial charge on any atom is -0.480 e. The van der Waals surface area contributed by atoms with Gasteiger partial charge in [-0.15, -0.1) is 0 Å². The summed E-state index contributed by atoms with van der Waals surface area (Å²) in [5, 5.41) is 10.8. The molecule has 13 heavy (non-hydrogen) atoms. The normalized spacial score (nSPS) is 13.2. The van der Waals surface area contributed by atoms with E-state index < -0.39 is 22.2 Å². The fourth-order valence-corrected chi connectivity index (χ4v) is 0.959. The lowest BCUT2D eigenvalue weighted by Gasteiger charge is -2.25. The van der Waals surface area contributed by atoms with Crippen molar-refractivity contribution in [3.05, 3.63) is 0 Å². The van der Waals surface area contributed by atoms with E-state index in [2.05, 4.69) is 35.3 Å². The maximum atomic E-state index is 10.7. The Balaban J connectivity index is 4.46. The topological polar surface area (TPSA) is 75.6 Å². The van der Waals surface area contributed by atoms with Gasteiger partial charge in [0.25, 0.3) is 0 Å². The number of nitrogens with one attached hydrogen (secondary N) is 1. The maximum absolute atomic E-state index is 10.7. The number of alkyl carbamates (subject to hydrolysis) is 1. The number of aliphatic carboxylic acids is 1. The predicted octanol–water partition coefficient (Wildman–Crippen LogP) is 0.371. The van der Waals surface area contributed by atoms with E-state index >= 15 is 0 Å². The van der Waals surface area contributed by atoms with E-state index in [0.717, 1.165) is 7.11 Å². The van der Waals surface area contributed by atoms with Crippen molar-refractivity contribution in [2.75, 3.05) is 7.11 Å². The summed E-state index contributed by atoms with van der Waals surface area (Å²) >= 11 is 7.83. The molecule has 0 rings (SSSR count). The van der Waals surface area contributed by atoms with E-state index in [4.69, 9.17) is 5.11 Å². The summed E-state index contributed by atoms with van der Waals surface area (Å²) in [4.78, 5) is 21.3. The number of amides is 1. The molecule has 0 spiro atoms. The van der Waals surface area contributed by atoms with Crippen LogP contribution in [0.15, 0.2) is 0 Å². The monoisotopic (exact) mass is 225 g/mol. The van der Waals surface area contributed by atoms with E-state index in [1.54, 1.807) is 0 Å². The Labute approximate surface area is 86.7 Å². The Kier molecular flexibility index (Phi) is 4.41. The molecule has 1 atom stereocenters. The molecule has 5 nitrogen and oxygen atoms in total. The summed E-state index contributed by atoms with van der Waals surface area (Å²) in [6.45, 7) is 1.45. The highest BCUT2D eigenvalue weighted by atomic mass is 32.2. The molecule has 0 fully saturated rings. The molecule has 0 aliphatic carbocycles. The molecule has 0 aromatic rings. The number of carboxylic acid groups (broad SMARTS) is 1. The SMILES string of the molecule is COC(=O)N[C@@H](C(=O)O)C(C)(S)S. The smallest absolute Gasteiger partial charge is 0.407 e. The fourth-order valence-electron chi connectivity index (χ4n) is 0.609. The van der Waals surface area contributed by atoms with Crippen LogP contribution in [0.2, 0.25) is 0 Å². The second-order valence-electron chi connectivity index (χ2n) is 2.50. The van der Waals surface area contributed by atoms with Gasteiger partial charge >= 0.3 is 12.1 Å². The van der Waals surface area contributed by atoms with Gasteiger partial charge in [-0.3, -0.25) is 0 Å². The number of carbonyl (C=O) groups is 2. The molecule has 0 aromatic carbocycles. The molecule has 0 saturated heterocycles. The highest BCUT2D eigenvalue weighted by Crippen LogP contribution is 2.23. The molecule has 1 amide bonds. The van der Waals surface area contributed by atoms with Gasteiger partial charge in [0.15, 0.2) is 6.04 Å². The molecule has 0 radical (unpaired) electrons. The molecular formula is C6H11NO4S2. The van der Waals surface area contributed by atoms with Gasteiger partial charge < -0.3 is 15.2 Å². The zero-order chi connectivity index (χ0) is 10.6. The van der Waals surface area contributed by atoms with Crippen molar-refractivity contribution in [2.24, 2.45) is 0 Å². The Morgan fingerprint density at radius 3 is 2.23 bits per heavy atom. The highest BCUT2D eigenvalue weighted by molar-refractivity contribution is 8.00. The molecule has 0 heterocycles. The summed E-state index contributed by atoms with van der Waals surface area (Å²) in [5.74, 6) is -1.22. The lowest BCUT2D eigenvalue weighted by molar-refractivity contribution is -0.139. The first-order chi connectivity index (χ1) is 5.79. The number of hydrogen-bond donors (Lipinski definition) is 4. The number of methoxy groups -OCH3 is 1. The summed E-state index contributed by atoms with van der Waals surface area (Å²) < 4.78 is 3.09. The molecule has 0 bridgehead atoms. The van der Waals surface area contributed by atoms with Crippen molar-refractivity contribution in [1.29, 1.82) is 0 Å². The van der Waals surface area contributed by atoms with Gasteiger partial charge in [0.2, 0.25) is 0 Å². The molecule has 0 saturated carbocycles. The zero-order valence-corrected chi connectivity index (χ0v) is 8.93. The van der Waals surface area contributed by atoms with Crippen molar-refractivity contribution in [3.8, 4) is 0 Å². The van der Waals surface area contributed by atoms with Gasteiger partial charge in [-0.1, -0.05) is 0 Å². The van der Waals surface area contributed by atoms with Gasteiger partial charge in [0.1, 0.15) is 0 Å². The van der Waals surface area contributed by atoms with E-state index in [9.17, 15) is 9.59 Å². The Hall–Kier alpha value is -0.560. The van der Waals surface area contributed by atoms with Gasteiger partial charge in [-0.25, -0.2) is 9.59 Å². The molecule has 76 valence electrons. The van der Waals surface area contributed by atoms with Crippen molar-refractivity contribution < 1.29 is 19.4 Å². The third-order valence-electron chi connectivity index (χ3n) is 1.24. The first-order valence-corrected chi connectivity index (χ1v) is 4.20. The van der Waals surface area contributed by atoms with Crippen LogP contribution in [0.1, 0.15) is 6.92 Å². The van der Waals surface area contributed by atoms with Crippen molar-refractivity contribution in [1.82, 2.24) is 5.32 Å². The third kappa shape index (κ3) is 4.28.